The van der Waals surface area contributed by atoms with Crippen LogP contribution in [0.15, 0.2) is 18.2 Å². The Bertz CT molecular complexity index is 671. The number of amides is 1. The minimum absolute atomic E-state index is 0.0800. The number of carbonyl (C=O) groups excluding carboxylic acids is 1. The van der Waals surface area contributed by atoms with E-state index in [2.05, 4.69) is 6.92 Å². The topological polar surface area (TPSA) is 66.8 Å². The molecule has 24 heavy (non-hydrogen) atoms. The van der Waals surface area contributed by atoms with Gasteiger partial charge in [0.1, 0.15) is 5.72 Å². The lowest BCUT2D eigenvalue weighted by Crippen LogP contribution is -2.55. The molecule has 2 fully saturated rings. The quantitative estimate of drug-likeness (QED) is 0.900. The van der Waals surface area contributed by atoms with Crippen molar-refractivity contribution in [2.75, 3.05) is 6.61 Å². The molecule has 1 aliphatic heterocycles. The van der Waals surface area contributed by atoms with Crippen molar-refractivity contribution < 1.29 is 28.2 Å². The smallest absolute Gasteiger partial charge is 0.328 e. The molecule has 0 unspecified atom stereocenters. The third-order valence-electron chi connectivity index (χ3n) is 4.99. The van der Waals surface area contributed by atoms with Crippen LogP contribution in [0, 0.1) is 17.6 Å². The van der Waals surface area contributed by atoms with E-state index >= 15 is 0 Å². The Morgan fingerprint density at radius 3 is 2.50 bits per heavy atom. The number of benzene rings is 1. The van der Waals surface area contributed by atoms with E-state index in [9.17, 15) is 23.5 Å². The number of hydrogen-bond acceptors (Lipinski definition) is 3. The lowest BCUT2D eigenvalue weighted by Gasteiger charge is -2.42. The van der Waals surface area contributed by atoms with Crippen LogP contribution in [0.1, 0.15) is 43.0 Å². The molecule has 1 heterocycles. The molecule has 1 atom stereocenters. The second-order valence-electron chi connectivity index (χ2n) is 6.60. The predicted octanol–water partition coefficient (Wildman–Crippen LogP) is 2.80. The Morgan fingerprint density at radius 2 is 1.92 bits per heavy atom. The van der Waals surface area contributed by atoms with Crippen LogP contribution in [-0.4, -0.2) is 40.3 Å². The van der Waals surface area contributed by atoms with Gasteiger partial charge in [-0.3, -0.25) is 9.69 Å². The maximum Gasteiger partial charge on any atom is 0.328 e. The molecule has 0 bridgehead atoms. The first-order valence-corrected chi connectivity index (χ1v) is 7.99. The molecule has 3 rings (SSSR count). The van der Waals surface area contributed by atoms with Crippen molar-refractivity contribution in [2.24, 2.45) is 5.92 Å². The first kappa shape index (κ1) is 16.8. The molecule has 1 spiro atoms. The zero-order valence-electron chi connectivity index (χ0n) is 13.3. The van der Waals surface area contributed by atoms with Crippen LogP contribution >= 0.6 is 0 Å². The Morgan fingerprint density at radius 1 is 1.25 bits per heavy atom. The molecule has 1 saturated carbocycles. The monoisotopic (exact) mass is 339 g/mol. The maximum atomic E-state index is 13.5. The van der Waals surface area contributed by atoms with Crippen LogP contribution in [0.25, 0.3) is 0 Å². The summed E-state index contributed by atoms with van der Waals surface area (Å²) in [4.78, 5) is 25.6. The van der Waals surface area contributed by atoms with E-state index in [1.165, 1.54) is 4.90 Å². The van der Waals surface area contributed by atoms with Crippen molar-refractivity contribution in [3.05, 3.63) is 35.4 Å². The normalized spacial score (nSPS) is 29.9. The highest BCUT2D eigenvalue weighted by atomic mass is 19.2. The summed E-state index contributed by atoms with van der Waals surface area (Å²) in [6.45, 7) is 2.00. The molecule has 1 N–H and O–H groups in total. The van der Waals surface area contributed by atoms with Crippen LogP contribution in [0.5, 0.6) is 0 Å². The zero-order valence-corrected chi connectivity index (χ0v) is 13.3. The SMILES string of the molecule is CC1CCC2(CC1)OC[C@@H](C(=O)O)N2C(=O)c1ccc(F)c(F)c1. The Hall–Kier alpha value is -2.02. The van der Waals surface area contributed by atoms with E-state index < -0.39 is 35.3 Å². The van der Waals surface area contributed by atoms with E-state index in [0.29, 0.717) is 18.8 Å². The molecule has 1 aliphatic carbocycles. The van der Waals surface area contributed by atoms with Crippen LogP contribution < -0.4 is 0 Å². The number of carbonyl (C=O) groups is 2. The largest absolute Gasteiger partial charge is 0.480 e. The second-order valence-corrected chi connectivity index (χ2v) is 6.60. The van der Waals surface area contributed by atoms with E-state index in [-0.39, 0.29) is 12.2 Å². The Kier molecular flexibility index (Phi) is 4.29. The number of carboxylic acids is 1. The van der Waals surface area contributed by atoms with Crippen molar-refractivity contribution in [2.45, 2.75) is 44.4 Å². The Balaban J connectivity index is 1.96. The third kappa shape index (κ3) is 2.77. The van der Waals surface area contributed by atoms with Gasteiger partial charge < -0.3 is 9.84 Å². The number of nitrogens with zero attached hydrogens (tertiary/aromatic N) is 1. The summed E-state index contributed by atoms with van der Waals surface area (Å²) >= 11 is 0. The molecule has 1 aromatic rings. The molecule has 5 nitrogen and oxygen atoms in total. The highest BCUT2D eigenvalue weighted by molar-refractivity contribution is 5.97. The summed E-state index contributed by atoms with van der Waals surface area (Å²) in [5.74, 6) is -3.53. The second kappa shape index (κ2) is 6.12. The Labute approximate surface area is 138 Å². The van der Waals surface area contributed by atoms with Gasteiger partial charge in [-0.2, -0.15) is 0 Å². The number of carboxylic acid groups (broad SMARTS) is 1. The van der Waals surface area contributed by atoms with E-state index in [1.54, 1.807) is 0 Å². The highest BCUT2D eigenvalue weighted by Crippen LogP contribution is 2.43. The highest BCUT2D eigenvalue weighted by Gasteiger charge is 2.53. The summed E-state index contributed by atoms with van der Waals surface area (Å²) in [7, 11) is 0. The maximum absolute atomic E-state index is 13.5. The van der Waals surface area contributed by atoms with Crippen molar-refractivity contribution in [3.63, 3.8) is 0 Å². The first-order valence-electron chi connectivity index (χ1n) is 7.99. The van der Waals surface area contributed by atoms with Crippen LogP contribution in [-0.2, 0) is 9.53 Å². The molecular formula is C17H19F2NO4. The molecule has 1 aromatic carbocycles. The van der Waals surface area contributed by atoms with Crippen LogP contribution in [0.4, 0.5) is 8.78 Å². The van der Waals surface area contributed by atoms with Crippen LogP contribution in [0.2, 0.25) is 0 Å². The molecule has 0 radical (unpaired) electrons. The number of hydrogen-bond donors (Lipinski definition) is 1. The van der Waals surface area contributed by atoms with Gasteiger partial charge in [0, 0.05) is 5.56 Å². The minimum atomic E-state index is -1.17. The molecule has 2 aliphatic rings. The fraction of sp³-hybridized carbons (Fsp3) is 0.529. The minimum Gasteiger partial charge on any atom is -0.480 e. The summed E-state index contributed by atoms with van der Waals surface area (Å²) in [5, 5.41) is 9.44. The third-order valence-corrected chi connectivity index (χ3v) is 4.99. The van der Waals surface area contributed by atoms with Gasteiger partial charge >= 0.3 is 5.97 Å². The predicted molar refractivity (Wildman–Crippen MR) is 80.3 cm³/mol. The van der Waals surface area contributed by atoms with E-state index in [4.69, 9.17) is 4.74 Å². The summed E-state index contributed by atoms with van der Waals surface area (Å²) in [6.07, 6.45) is 2.70. The lowest BCUT2D eigenvalue weighted by atomic mass is 9.83. The van der Waals surface area contributed by atoms with Gasteiger partial charge in [0.2, 0.25) is 0 Å². The number of aliphatic carboxylic acids is 1. The lowest BCUT2D eigenvalue weighted by molar-refractivity contribution is -0.143. The van der Waals surface area contributed by atoms with Gasteiger partial charge in [-0.15, -0.1) is 0 Å². The molecule has 7 heteroatoms. The molecule has 1 saturated heterocycles. The fourth-order valence-electron chi connectivity index (χ4n) is 3.54. The van der Waals surface area contributed by atoms with Gasteiger partial charge in [-0.1, -0.05) is 6.92 Å². The van der Waals surface area contributed by atoms with E-state index in [0.717, 1.165) is 31.0 Å². The average molecular weight is 339 g/mol. The molecular weight excluding hydrogens is 320 g/mol. The number of ether oxygens (including phenoxy) is 1. The number of rotatable bonds is 2. The van der Waals surface area contributed by atoms with Gasteiger partial charge in [0.05, 0.1) is 6.61 Å². The summed E-state index contributed by atoms with van der Waals surface area (Å²) in [5.41, 5.74) is -1.05. The first-order chi connectivity index (χ1) is 11.3. The molecule has 0 aromatic heterocycles. The van der Waals surface area contributed by atoms with Gasteiger partial charge in [0.25, 0.3) is 5.91 Å². The zero-order chi connectivity index (χ0) is 17.5. The summed E-state index contributed by atoms with van der Waals surface area (Å²) in [6, 6.07) is 1.70. The van der Waals surface area contributed by atoms with Crippen molar-refractivity contribution in [1.82, 2.24) is 4.90 Å². The fourth-order valence-corrected chi connectivity index (χ4v) is 3.54. The standard InChI is InChI=1S/C17H19F2NO4/c1-10-4-6-17(7-5-10)20(14(9-24-17)16(22)23)15(21)11-2-3-12(18)13(19)8-11/h2-3,8,10,14H,4-7,9H2,1H3,(H,22,23)/t10?,14-,17?/m0/s1. The van der Waals surface area contributed by atoms with Gasteiger partial charge in [0.15, 0.2) is 17.7 Å². The van der Waals surface area contributed by atoms with Crippen LogP contribution in [0.3, 0.4) is 0 Å². The van der Waals surface area contributed by atoms with Gasteiger partial charge in [-0.25, -0.2) is 13.6 Å². The van der Waals surface area contributed by atoms with Gasteiger partial charge in [-0.05, 0) is 49.8 Å². The molecule has 130 valence electrons. The van der Waals surface area contributed by atoms with Crippen molar-refractivity contribution >= 4 is 11.9 Å². The summed E-state index contributed by atoms with van der Waals surface area (Å²) < 4.78 is 32.4. The van der Waals surface area contributed by atoms with E-state index in [1.807, 2.05) is 0 Å². The average Bonchev–Trinajstić information content (AvgIpc) is 2.92. The number of halogens is 2. The van der Waals surface area contributed by atoms with Crippen molar-refractivity contribution in [3.8, 4) is 0 Å². The molecule has 1 amide bonds. The van der Waals surface area contributed by atoms with Crippen molar-refractivity contribution in [1.29, 1.82) is 0 Å².